The van der Waals surface area contributed by atoms with Crippen molar-refractivity contribution in [1.82, 2.24) is 4.72 Å². The van der Waals surface area contributed by atoms with Crippen LogP contribution in [0.1, 0.15) is 12.0 Å². The standard InChI is InChI=1S/C14H18N2O4S/c15-12-10-4-6-20-14(10)13(12)16-21(17,18)9-1-2-11-8(7-9)3-5-19-11/h1-2,7,10,12-14,16H,3-6,15H2. The van der Waals surface area contributed by atoms with E-state index in [1.54, 1.807) is 18.2 Å². The van der Waals surface area contributed by atoms with Gasteiger partial charge in [0.05, 0.1) is 23.6 Å². The van der Waals surface area contributed by atoms with E-state index in [9.17, 15) is 8.42 Å². The topological polar surface area (TPSA) is 90.6 Å². The maximum atomic E-state index is 12.5. The summed E-state index contributed by atoms with van der Waals surface area (Å²) in [5, 5.41) is 0. The zero-order valence-electron chi connectivity index (χ0n) is 11.5. The SMILES string of the molecule is NC1C2CCOC2C1NS(=O)(=O)c1ccc2c(c1)CCO2. The van der Waals surface area contributed by atoms with Gasteiger partial charge in [0.25, 0.3) is 0 Å². The number of ether oxygens (including phenoxy) is 2. The molecule has 2 heterocycles. The highest BCUT2D eigenvalue weighted by atomic mass is 32.2. The van der Waals surface area contributed by atoms with Crippen molar-refractivity contribution in [2.24, 2.45) is 11.7 Å². The van der Waals surface area contributed by atoms with E-state index < -0.39 is 10.0 Å². The van der Waals surface area contributed by atoms with Crippen LogP contribution in [0.2, 0.25) is 0 Å². The van der Waals surface area contributed by atoms with Crippen LogP contribution in [0, 0.1) is 5.92 Å². The second-order valence-corrected chi connectivity index (χ2v) is 7.59. The van der Waals surface area contributed by atoms with Gasteiger partial charge in [-0.25, -0.2) is 13.1 Å². The maximum absolute atomic E-state index is 12.5. The molecule has 114 valence electrons. The first kappa shape index (κ1) is 13.5. The molecule has 21 heavy (non-hydrogen) atoms. The predicted octanol–water partition coefficient (Wildman–Crippen LogP) is 0.0144. The molecule has 3 N–H and O–H groups in total. The second kappa shape index (κ2) is 4.67. The van der Waals surface area contributed by atoms with Crippen LogP contribution >= 0.6 is 0 Å². The van der Waals surface area contributed by atoms with Crippen molar-refractivity contribution in [2.75, 3.05) is 13.2 Å². The summed E-state index contributed by atoms with van der Waals surface area (Å²) in [4.78, 5) is 0.264. The Kier molecular flexibility index (Phi) is 3.01. The third kappa shape index (κ3) is 2.07. The predicted molar refractivity (Wildman–Crippen MR) is 75.6 cm³/mol. The van der Waals surface area contributed by atoms with Crippen LogP contribution in [-0.2, 0) is 21.2 Å². The summed E-state index contributed by atoms with van der Waals surface area (Å²) in [6.07, 6.45) is 1.59. The molecule has 0 aromatic heterocycles. The molecule has 3 aliphatic rings. The molecule has 4 atom stereocenters. The third-order valence-electron chi connectivity index (χ3n) is 4.71. The summed E-state index contributed by atoms with van der Waals surface area (Å²) >= 11 is 0. The van der Waals surface area contributed by atoms with Gasteiger partial charge in [-0.3, -0.25) is 0 Å². The molecular weight excluding hydrogens is 292 g/mol. The van der Waals surface area contributed by atoms with Gasteiger partial charge >= 0.3 is 0 Å². The van der Waals surface area contributed by atoms with Crippen LogP contribution in [-0.4, -0.2) is 39.8 Å². The Balaban J connectivity index is 1.56. The fraction of sp³-hybridized carbons (Fsp3) is 0.571. The third-order valence-corrected chi connectivity index (χ3v) is 6.17. The van der Waals surface area contributed by atoms with Crippen molar-refractivity contribution in [3.63, 3.8) is 0 Å². The molecule has 1 saturated heterocycles. The summed E-state index contributed by atoms with van der Waals surface area (Å²) in [5.74, 6) is 1.06. The first-order valence-corrected chi connectivity index (χ1v) is 8.70. The highest BCUT2D eigenvalue weighted by Gasteiger charge is 2.53. The molecule has 7 heteroatoms. The largest absolute Gasteiger partial charge is 0.493 e. The van der Waals surface area contributed by atoms with Gasteiger partial charge in [0, 0.05) is 25.0 Å². The quantitative estimate of drug-likeness (QED) is 0.821. The summed E-state index contributed by atoms with van der Waals surface area (Å²) in [6.45, 7) is 1.27. The lowest BCUT2D eigenvalue weighted by molar-refractivity contribution is -0.00924. The number of fused-ring (bicyclic) bond motifs is 2. The molecule has 4 rings (SSSR count). The Bertz CT molecular complexity index is 676. The van der Waals surface area contributed by atoms with Gasteiger partial charge < -0.3 is 15.2 Å². The molecule has 1 aliphatic carbocycles. The lowest BCUT2D eigenvalue weighted by Crippen LogP contribution is -2.68. The lowest BCUT2D eigenvalue weighted by atomic mass is 9.73. The number of nitrogens with one attached hydrogen (secondary N) is 1. The number of nitrogens with two attached hydrogens (primary N) is 1. The molecule has 1 aromatic carbocycles. The Morgan fingerprint density at radius 2 is 2.14 bits per heavy atom. The summed E-state index contributed by atoms with van der Waals surface area (Å²) in [7, 11) is -3.58. The molecule has 4 unspecified atom stereocenters. The maximum Gasteiger partial charge on any atom is 0.240 e. The fourth-order valence-electron chi connectivity index (χ4n) is 3.47. The van der Waals surface area contributed by atoms with E-state index in [4.69, 9.17) is 15.2 Å². The zero-order valence-corrected chi connectivity index (χ0v) is 12.3. The first-order valence-electron chi connectivity index (χ1n) is 7.21. The second-order valence-electron chi connectivity index (χ2n) is 5.88. The smallest absolute Gasteiger partial charge is 0.240 e. The van der Waals surface area contributed by atoms with Gasteiger partial charge in [-0.05, 0) is 30.2 Å². The van der Waals surface area contributed by atoms with Crippen molar-refractivity contribution < 1.29 is 17.9 Å². The number of rotatable bonds is 3. The first-order chi connectivity index (χ1) is 10.1. The van der Waals surface area contributed by atoms with Gasteiger partial charge in [-0.1, -0.05) is 0 Å². The molecule has 0 radical (unpaired) electrons. The molecule has 1 aromatic rings. The van der Waals surface area contributed by atoms with Gasteiger partial charge in [-0.15, -0.1) is 0 Å². The van der Waals surface area contributed by atoms with E-state index in [1.807, 2.05) is 0 Å². The molecule has 1 saturated carbocycles. The molecule has 2 aliphatic heterocycles. The molecular formula is C14H18N2O4S. The highest BCUT2D eigenvalue weighted by molar-refractivity contribution is 7.89. The van der Waals surface area contributed by atoms with E-state index in [2.05, 4.69) is 4.72 Å². The van der Waals surface area contributed by atoms with E-state index in [-0.39, 0.29) is 29.0 Å². The van der Waals surface area contributed by atoms with Crippen LogP contribution < -0.4 is 15.2 Å². The number of hydrogen-bond acceptors (Lipinski definition) is 5. The van der Waals surface area contributed by atoms with E-state index in [1.165, 1.54) is 0 Å². The van der Waals surface area contributed by atoms with Gasteiger partial charge in [0.15, 0.2) is 0 Å². The molecule has 0 bridgehead atoms. The average molecular weight is 310 g/mol. The minimum absolute atomic E-state index is 0.0764. The highest BCUT2D eigenvalue weighted by Crippen LogP contribution is 2.38. The van der Waals surface area contributed by atoms with Crippen molar-refractivity contribution in [3.8, 4) is 5.75 Å². The minimum Gasteiger partial charge on any atom is -0.493 e. The van der Waals surface area contributed by atoms with Crippen molar-refractivity contribution in [3.05, 3.63) is 23.8 Å². The zero-order chi connectivity index (χ0) is 14.6. The van der Waals surface area contributed by atoms with Crippen molar-refractivity contribution >= 4 is 10.0 Å². The van der Waals surface area contributed by atoms with E-state index in [0.717, 1.165) is 24.2 Å². The molecule has 6 nitrogen and oxygen atoms in total. The number of benzene rings is 1. The van der Waals surface area contributed by atoms with Crippen LogP contribution in [0.4, 0.5) is 0 Å². The summed E-state index contributed by atoms with van der Waals surface area (Å²) in [5.41, 5.74) is 6.99. The van der Waals surface area contributed by atoms with E-state index >= 15 is 0 Å². The van der Waals surface area contributed by atoms with E-state index in [0.29, 0.717) is 13.2 Å². The molecule has 2 fully saturated rings. The van der Waals surface area contributed by atoms with Crippen LogP contribution in [0.5, 0.6) is 5.75 Å². The van der Waals surface area contributed by atoms with Gasteiger partial charge in [0.2, 0.25) is 10.0 Å². The number of hydrogen-bond donors (Lipinski definition) is 2. The van der Waals surface area contributed by atoms with Crippen LogP contribution in [0.3, 0.4) is 0 Å². The Morgan fingerprint density at radius 3 is 3.00 bits per heavy atom. The normalized spacial score (nSPS) is 34.0. The Morgan fingerprint density at radius 1 is 1.29 bits per heavy atom. The lowest BCUT2D eigenvalue weighted by Gasteiger charge is -2.45. The molecule has 0 amide bonds. The minimum atomic E-state index is -3.58. The van der Waals surface area contributed by atoms with Crippen molar-refractivity contribution in [2.45, 2.75) is 35.9 Å². The van der Waals surface area contributed by atoms with Crippen molar-refractivity contribution in [1.29, 1.82) is 0 Å². The number of sulfonamides is 1. The summed E-state index contributed by atoms with van der Waals surface area (Å²) in [6, 6.07) is 4.48. The average Bonchev–Trinajstić information content (AvgIpc) is 3.10. The Labute approximate surface area is 123 Å². The van der Waals surface area contributed by atoms with Crippen LogP contribution in [0.15, 0.2) is 23.1 Å². The van der Waals surface area contributed by atoms with Crippen LogP contribution in [0.25, 0.3) is 0 Å². The van der Waals surface area contributed by atoms with Gasteiger partial charge in [0.1, 0.15) is 5.75 Å². The fourth-order valence-corrected chi connectivity index (χ4v) is 4.80. The summed E-state index contributed by atoms with van der Waals surface area (Å²) < 4.78 is 38.7. The van der Waals surface area contributed by atoms with Gasteiger partial charge in [-0.2, -0.15) is 0 Å². The molecule has 0 spiro atoms. The Hall–Kier alpha value is -1.15. The monoisotopic (exact) mass is 310 g/mol.